The van der Waals surface area contributed by atoms with Gasteiger partial charge in [0, 0.05) is 5.56 Å². The summed E-state index contributed by atoms with van der Waals surface area (Å²) in [7, 11) is -4.05. The first-order valence-corrected chi connectivity index (χ1v) is 9.86. The Bertz CT molecular complexity index is 1050. The Morgan fingerprint density at radius 1 is 0.889 bits per heavy atom. The SMILES string of the molecule is Cc1cccc(N(C(C)c2ccccc2F)S(=O)(=O)c2ccc(F)cc2)c1. The summed E-state index contributed by atoms with van der Waals surface area (Å²) >= 11 is 0. The number of aryl methyl sites for hydroxylation is 1. The first-order valence-electron chi connectivity index (χ1n) is 8.42. The zero-order chi connectivity index (χ0) is 19.6. The number of anilines is 1. The van der Waals surface area contributed by atoms with Crippen molar-refractivity contribution in [1.29, 1.82) is 0 Å². The van der Waals surface area contributed by atoms with Gasteiger partial charge in [0.15, 0.2) is 0 Å². The molecule has 0 N–H and O–H groups in total. The molecule has 0 amide bonds. The zero-order valence-electron chi connectivity index (χ0n) is 14.9. The molecule has 0 radical (unpaired) electrons. The van der Waals surface area contributed by atoms with E-state index in [1.807, 2.05) is 13.0 Å². The highest BCUT2D eigenvalue weighted by Gasteiger charge is 2.31. The summed E-state index contributed by atoms with van der Waals surface area (Å²) in [5.41, 5.74) is 1.53. The summed E-state index contributed by atoms with van der Waals surface area (Å²) < 4.78 is 55.5. The summed E-state index contributed by atoms with van der Waals surface area (Å²) in [6, 6.07) is 16.8. The number of halogens is 2. The van der Waals surface area contributed by atoms with Gasteiger partial charge in [0.1, 0.15) is 11.6 Å². The Hall–Kier alpha value is -2.73. The molecule has 1 unspecified atom stereocenters. The molecule has 0 heterocycles. The van der Waals surface area contributed by atoms with E-state index in [1.54, 1.807) is 43.3 Å². The van der Waals surface area contributed by atoms with Crippen molar-refractivity contribution in [1.82, 2.24) is 0 Å². The fraction of sp³-hybridized carbons (Fsp3) is 0.143. The number of nitrogens with zero attached hydrogens (tertiary/aromatic N) is 1. The van der Waals surface area contributed by atoms with Crippen LogP contribution >= 0.6 is 0 Å². The molecular formula is C21H19F2NO2S. The molecule has 3 aromatic rings. The highest BCUT2D eigenvalue weighted by atomic mass is 32.2. The van der Waals surface area contributed by atoms with E-state index in [0.717, 1.165) is 17.7 Å². The lowest BCUT2D eigenvalue weighted by Crippen LogP contribution is -2.34. The third-order valence-corrected chi connectivity index (χ3v) is 6.25. The molecule has 0 aliphatic rings. The van der Waals surface area contributed by atoms with E-state index in [9.17, 15) is 17.2 Å². The van der Waals surface area contributed by atoms with Crippen molar-refractivity contribution in [3.63, 3.8) is 0 Å². The van der Waals surface area contributed by atoms with Gasteiger partial charge in [-0.3, -0.25) is 4.31 Å². The fourth-order valence-electron chi connectivity index (χ4n) is 3.00. The van der Waals surface area contributed by atoms with E-state index < -0.39 is 27.7 Å². The molecule has 3 rings (SSSR count). The van der Waals surface area contributed by atoms with E-state index in [-0.39, 0.29) is 10.5 Å². The van der Waals surface area contributed by atoms with Crippen LogP contribution in [0.2, 0.25) is 0 Å². The minimum Gasteiger partial charge on any atom is -0.259 e. The van der Waals surface area contributed by atoms with Crippen LogP contribution in [0.15, 0.2) is 77.7 Å². The largest absolute Gasteiger partial charge is 0.264 e. The van der Waals surface area contributed by atoms with Crippen LogP contribution in [0.1, 0.15) is 24.1 Å². The number of rotatable bonds is 5. The molecular weight excluding hydrogens is 368 g/mol. The second kappa shape index (κ2) is 7.48. The lowest BCUT2D eigenvalue weighted by Gasteiger charge is -2.31. The van der Waals surface area contributed by atoms with Crippen molar-refractivity contribution in [2.45, 2.75) is 24.8 Å². The summed E-state index contributed by atoms with van der Waals surface area (Å²) in [6.45, 7) is 3.47. The minimum atomic E-state index is -4.05. The molecule has 27 heavy (non-hydrogen) atoms. The van der Waals surface area contributed by atoms with Crippen LogP contribution in [-0.4, -0.2) is 8.42 Å². The summed E-state index contributed by atoms with van der Waals surface area (Å²) in [5.74, 6) is -1.02. The monoisotopic (exact) mass is 387 g/mol. The standard InChI is InChI=1S/C21H19F2NO2S/c1-15-6-5-7-18(14-15)24(16(2)20-8-3-4-9-21(20)23)27(25,26)19-12-10-17(22)11-13-19/h3-14,16H,1-2H3. The van der Waals surface area contributed by atoms with E-state index in [4.69, 9.17) is 0 Å². The lowest BCUT2D eigenvalue weighted by atomic mass is 10.1. The molecule has 6 heteroatoms. The van der Waals surface area contributed by atoms with Crippen LogP contribution in [0.5, 0.6) is 0 Å². The molecule has 0 spiro atoms. The quantitative estimate of drug-likeness (QED) is 0.601. The Balaban J connectivity index is 2.19. The molecule has 0 fully saturated rings. The number of hydrogen-bond acceptors (Lipinski definition) is 2. The van der Waals surface area contributed by atoms with Gasteiger partial charge in [-0.1, -0.05) is 30.3 Å². The molecule has 0 saturated heterocycles. The van der Waals surface area contributed by atoms with Gasteiger partial charge in [-0.25, -0.2) is 17.2 Å². The molecule has 0 bridgehead atoms. The van der Waals surface area contributed by atoms with Gasteiger partial charge in [-0.05, 0) is 61.9 Å². The minimum absolute atomic E-state index is 0.0615. The van der Waals surface area contributed by atoms with Crippen LogP contribution in [0, 0.1) is 18.6 Å². The van der Waals surface area contributed by atoms with Crippen molar-refractivity contribution in [2.24, 2.45) is 0 Å². The van der Waals surface area contributed by atoms with Crippen molar-refractivity contribution in [3.05, 3.63) is 95.6 Å². The van der Waals surface area contributed by atoms with E-state index in [2.05, 4.69) is 0 Å². The number of sulfonamides is 1. The van der Waals surface area contributed by atoms with Crippen LogP contribution in [0.25, 0.3) is 0 Å². The maximum Gasteiger partial charge on any atom is 0.264 e. The maximum atomic E-state index is 14.4. The topological polar surface area (TPSA) is 37.4 Å². The molecule has 140 valence electrons. The third kappa shape index (κ3) is 3.85. The Labute approximate surface area is 157 Å². The van der Waals surface area contributed by atoms with Crippen molar-refractivity contribution < 1.29 is 17.2 Å². The van der Waals surface area contributed by atoms with Gasteiger partial charge in [0.2, 0.25) is 0 Å². The lowest BCUT2D eigenvalue weighted by molar-refractivity contribution is 0.569. The maximum absolute atomic E-state index is 14.4. The van der Waals surface area contributed by atoms with Crippen molar-refractivity contribution >= 4 is 15.7 Å². The van der Waals surface area contributed by atoms with E-state index in [1.165, 1.54) is 22.5 Å². The second-order valence-electron chi connectivity index (χ2n) is 6.29. The number of benzene rings is 3. The van der Waals surface area contributed by atoms with Crippen LogP contribution < -0.4 is 4.31 Å². The summed E-state index contributed by atoms with van der Waals surface area (Å²) in [5, 5.41) is 0. The van der Waals surface area contributed by atoms with Gasteiger partial charge in [0.05, 0.1) is 16.6 Å². The highest BCUT2D eigenvalue weighted by molar-refractivity contribution is 7.92. The average Bonchev–Trinajstić information content (AvgIpc) is 2.62. The predicted molar refractivity (Wildman–Crippen MR) is 102 cm³/mol. The first kappa shape index (κ1) is 19.0. The Morgan fingerprint density at radius 2 is 1.56 bits per heavy atom. The molecule has 3 nitrogen and oxygen atoms in total. The number of hydrogen-bond donors (Lipinski definition) is 0. The molecule has 0 aliphatic heterocycles. The molecule has 3 aromatic carbocycles. The smallest absolute Gasteiger partial charge is 0.259 e. The predicted octanol–water partition coefficient (Wildman–Crippen LogP) is 5.23. The Morgan fingerprint density at radius 3 is 2.19 bits per heavy atom. The van der Waals surface area contributed by atoms with Gasteiger partial charge < -0.3 is 0 Å². The van der Waals surface area contributed by atoms with Crippen molar-refractivity contribution in [2.75, 3.05) is 4.31 Å². The van der Waals surface area contributed by atoms with Gasteiger partial charge in [-0.2, -0.15) is 0 Å². The molecule has 0 saturated carbocycles. The highest BCUT2D eigenvalue weighted by Crippen LogP contribution is 2.34. The van der Waals surface area contributed by atoms with Crippen LogP contribution in [-0.2, 0) is 10.0 Å². The fourth-order valence-corrected chi connectivity index (χ4v) is 4.62. The van der Waals surface area contributed by atoms with E-state index >= 15 is 0 Å². The summed E-state index contributed by atoms with van der Waals surface area (Å²) in [6.07, 6.45) is 0. The second-order valence-corrected chi connectivity index (χ2v) is 8.11. The Kier molecular flexibility index (Phi) is 5.28. The molecule has 0 aromatic heterocycles. The first-order chi connectivity index (χ1) is 12.8. The van der Waals surface area contributed by atoms with Gasteiger partial charge >= 0.3 is 0 Å². The normalized spacial score (nSPS) is 12.6. The van der Waals surface area contributed by atoms with Crippen molar-refractivity contribution in [3.8, 4) is 0 Å². The van der Waals surface area contributed by atoms with Gasteiger partial charge in [-0.15, -0.1) is 0 Å². The average molecular weight is 387 g/mol. The zero-order valence-corrected chi connectivity index (χ0v) is 15.7. The van der Waals surface area contributed by atoms with E-state index in [0.29, 0.717) is 5.69 Å². The molecule has 0 aliphatic carbocycles. The van der Waals surface area contributed by atoms with Crippen LogP contribution in [0.3, 0.4) is 0 Å². The third-order valence-electron chi connectivity index (χ3n) is 4.33. The summed E-state index contributed by atoms with van der Waals surface area (Å²) in [4.78, 5) is -0.0615. The van der Waals surface area contributed by atoms with Gasteiger partial charge in [0.25, 0.3) is 10.0 Å². The van der Waals surface area contributed by atoms with Crippen LogP contribution in [0.4, 0.5) is 14.5 Å². The molecule has 1 atom stereocenters.